The van der Waals surface area contributed by atoms with Crippen molar-refractivity contribution in [1.82, 2.24) is 25.2 Å². The van der Waals surface area contributed by atoms with Gasteiger partial charge >= 0.3 is 6.09 Å². The summed E-state index contributed by atoms with van der Waals surface area (Å²) in [5.74, 6) is -2.23. The molecule has 54 heavy (non-hydrogen) atoms. The third-order valence-electron chi connectivity index (χ3n) is 9.52. The Labute approximate surface area is 315 Å². The van der Waals surface area contributed by atoms with Gasteiger partial charge in [-0.2, -0.15) is 0 Å². The molecule has 16 heteroatoms. The minimum absolute atomic E-state index is 0.0417. The summed E-state index contributed by atoms with van der Waals surface area (Å²) in [6.45, 7) is 10.5. The Morgan fingerprint density at radius 2 is 1.89 bits per heavy atom. The van der Waals surface area contributed by atoms with Gasteiger partial charge in [0.2, 0.25) is 27.7 Å². The number of pyridine rings is 1. The second kappa shape index (κ2) is 16.2. The molecule has 5 unspecified atom stereocenters. The Hall–Kier alpha value is -4.99. The number of alkyl carbamates (subject to hydrolysis) is 1. The molecular weight excluding hydrogens is 719 g/mol. The van der Waals surface area contributed by atoms with Crippen molar-refractivity contribution in [1.29, 1.82) is 0 Å². The molecule has 0 radical (unpaired) electrons. The lowest BCUT2D eigenvalue weighted by Crippen LogP contribution is -2.58. The van der Waals surface area contributed by atoms with Crippen LogP contribution in [0.25, 0.3) is 10.8 Å². The number of methoxy groups -OCH3 is 1. The van der Waals surface area contributed by atoms with Crippen LogP contribution in [0.2, 0.25) is 0 Å². The highest BCUT2D eigenvalue weighted by Gasteiger charge is 2.62. The number of carbonyl (C=O) groups excluding carboxylic acids is 5. The van der Waals surface area contributed by atoms with Gasteiger partial charge in [0.1, 0.15) is 35.1 Å². The Bertz CT molecular complexity index is 1940. The molecule has 292 valence electrons. The highest BCUT2D eigenvalue weighted by atomic mass is 32.2. The molecule has 1 aliphatic heterocycles. The summed E-state index contributed by atoms with van der Waals surface area (Å²) in [5.41, 5.74) is -2.49. The number of hydrogen-bond donors (Lipinski definition) is 3. The van der Waals surface area contributed by atoms with E-state index in [0.717, 1.165) is 5.39 Å². The summed E-state index contributed by atoms with van der Waals surface area (Å²) in [6, 6.07) is 4.62. The average molecular weight is 768 g/mol. The van der Waals surface area contributed by atoms with E-state index in [1.54, 1.807) is 58.4 Å². The highest BCUT2D eigenvalue weighted by molar-refractivity contribution is 7.91. The van der Waals surface area contributed by atoms with Gasteiger partial charge in [-0.05, 0) is 88.6 Å². The number of rotatable bonds is 16. The number of benzene rings is 1. The number of ketones is 1. The number of nitrogens with zero attached hydrogens (tertiary/aromatic N) is 2. The maximum Gasteiger partial charge on any atom is 0.408 e. The van der Waals surface area contributed by atoms with Crippen LogP contribution in [0, 0.1) is 5.92 Å². The molecule has 3 fully saturated rings. The zero-order chi connectivity index (χ0) is 39.4. The van der Waals surface area contributed by atoms with Crippen molar-refractivity contribution >= 4 is 50.4 Å². The lowest BCUT2D eigenvalue weighted by atomic mass is 10.1. The van der Waals surface area contributed by atoms with E-state index in [1.807, 2.05) is 13.0 Å². The zero-order valence-corrected chi connectivity index (χ0v) is 32.1. The number of ether oxygens (including phenoxy) is 3. The first-order valence-corrected chi connectivity index (χ1v) is 19.6. The van der Waals surface area contributed by atoms with Crippen LogP contribution in [0.1, 0.15) is 72.6 Å². The molecule has 4 amide bonds. The monoisotopic (exact) mass is 767 g/mol. The first kappa shape index (κ1) is 40.2. The van der Waals surface area contributed by atoms with Crippen LogP contribution >= 0.6 is 0 Å². The fourth-order valence-electron chi connectivity index (χ4n) is 6.43. The first-order chi connectivity index (χ1) is 25.5. The predicted molar refractivity (Wildman–Crippen MR) is 199 cm³/mol. The summed E-state index contributed by atoms with van der Waals surface area (Å²) in [5, 5.41) is 6.11. The molecule has 2 aliphatic carbocycles. The molecule has 0 spiro atoms. The summed E-state index contributed by atoms with van der Waals surface area (Å²) in [6.07, 6.45) is 5.85. The highest BCUT2D eigenvalue weighted by Crippen LogP contribution is 2.45. The second-order valence-corrected chi connectivity index (χ2v) is 16.8. The molecule has 0 bridgehead atoms. The van der Waals surface area contributed by atoms with Crippen molar-refractivity contribution in [3.8, 4) is 11.6 Å². The van der Waals surface area contributed by atoms with Crippen LogP contribution in [0.3, 0.4) is 0 Å². The molecule has 5 atom stereocenters. The molecule has 1 aromatic carbocycles. The Kier molecular flexibility index (Phi) is 12.0. The molecule has 3 N–H and O–H groups in total. The number of hydrogen-bond acceptors (Lipinski definition) is 11. The quantitative estimate of drug-likeness (QED) is 0.167. The molecule has 2 saturated carbocycles. The van der Waals surface area contributed by atoms with Crippen molar-refractivity contribution in [2.75, 3.05) is 13.7 Å². The second-order valence-electron chi connectivity index (χ2n) is 14.9. The van der Waals surface area contributed by atoms with E-state index in [9.17, 15) is 32.4 Å². The van der Waals surface area contributed by atoms with E-state index >= 15 is 0 Å². The Balaban J connectivity index is 1.44. The van der Waals surface area contributed by atoms with Crippen molar-refractivity contribution in [3.05, 3.63) is 55.3 Å². The van der Waals surface area contributed by atoms with Crippen LogP contribution in [0.5, 0.6) is 11.6 Å². The third kappa shape index (κ3) is 9.56. The SMILES string of the molecule is C=CC1CC1(NC(=O)C1CC(Oc2nccc3cc(OC)ccc23)CN1C(=O)C(CCC(=O)/C=C/CC)NC(=O)OC(C)(C)C)C(=O)NS(=O)(=O)C1CC1. The molecular formula is C38H49N5O10S. The number of likely N-dealkylation sites (tertiary alicyclic amines) is 1. The molecule has 2 heterocycles. The normalized spacial score (nSPS) is 23.0. The van der Waals surface area contributed by atoms with Gasteiger partial charge in [-0.1, -0.05) is 19.1 Å². The van der Waals surface area contributed by atoms with Crippen LogP contribution in [0.15, 0.2) is 55.3 Å². The predicted octanol–water partition coefficient (Wildman–Crippen LogP) is 3.47. The molecule has 5 rings (SSSR count). The van der Waals surface area contributed by atoms with Crippen LogP contribution in [-0.2, 0) is 33.9 Å². The molecule has 2 aromatic rings. The summed E-state index contributed by atoms with van der Waals surface area (Å²) >= 11 is 0. The lowest BCUT2D eigenvalue weighted by Gasteiger charge is -2.30. The molecule has 1 aromatic heterocycles. The number of allylic oxidation sites excluding steroid dienone is 2. The minimum Gasteiger partial charge on any atom is -0.497 e. The van der Waals surface area contributed by atoms with Crippen molar-refractivity contribution in [2.24, 2.45) is 5.92 Å². The van der Waals surface area contributed by atoms with Gasteiger partial charge in [0.15, 0.2) is 5.78 Å². The van der Waals surface area contributed by atoms with E-state index in [-0.39, 0.29) is 43.9 Å². The standard InChI is InChI=1S/C38H49N5O10S/c1-7-9-10-25(44)11-16-30(40-36(48)53-37(3,4)5)34(46)43-22-27(52-33-29-15-12-26(51-6)19-23(29)17-18-39-33)20-31(43)32(45)41-38(21-24(38)8-2)35(47)42-54(49,50)28-13-14-28/h8-10,12,15,17-19,24,27-28,30-31H,2,7,11,13-14,16,20-22H2,1,3-6H3,(H,40,48)(H,41,45)(H,42,47)/b10-9+. The van der Waals surface area contributed by atoms with Gasteiger partial charge in [-0.3, -0.25) is 23.9 Å². The van der Waals surface area contributed by atoms with Crippen molar-refractivity contribution < 1.29 is 46.6 Å². The number of sulfonamides is 1. The van der Waals surface area contributed by atoms with E-state index in [2.05, 4.69) is 26.9 Å². The maximum atomic E-state index is 14.5. The van der Waals surface area contributed by atoms with Gasteiger partial charge in [0, 0.05) is 30.3 Å². The number of amides is 4. The first-order valence-electron chi connectivity index (χ1n) is 18.1. The van der Waals surface area contributed by atoms with Gasteiger partial charge in [0.05, 0.1) is 18.9 Å². The average Bonchev–Trinajstić information content (AvgIpc) is 4.04. The van der Waals surface area contributed by atoms with Crippen LogP contribution < -0.4 is 24.8 Å². The largest absolute Gasteiger partial charge is 0.497 e. The number of aromatic nitrogens is 1. The van der Waals surface area contributed by atoms with Gasteiger partial charge in [-0.25, -0.2) is 18.2 Å². The lowest BCUT2D eigenvalue weighted by molar-refractivity contribution is -0.141. The maximum absolute atomic E-state index is 14.5. The number of nitrogens with one attached hydrogen (secondary N) is 3. The summed E-state index contributed by atoms with van der Waals surface area (Å²) in [4.78, 5) is 73.5. The summed E-state index contributed by atoms with van der Waals surface area (Å²) in [7, 11) is -2.38. The zero-order valence-electron chi connectivity index (χ0n) is 31.3. The number of fused-ring (bicyclic) bond motifs is 1. The molecule has 1 saturated heterocycles. The number of carbonyl (C=O) groups is 5. The van der Waals surface area contributed by atoms with Crippen molar-refractivity contribution in [3.63, 3.8) is 0 Å². The Morgan fingerprint density at radius 1 is 1.15 bits per heavy atom. The fraction of sp³-hybridized carbons (Fsp3) is 0.526. The van der Waals surface area contributed by atoms with E-state index in [4.69, 9.17) is 14.2 Å². The Morgan fingerprint density at radius 3 is 2.52 bits per heavy atom. The van der Waals surface area contributed by atoms with Gasteiger partial charge < -0.3 is 29.7 Å². The molecule has 3 aliphatic rings. The summed E-state index contributed by atoms with van der Waals surface area (Å²) < 4.78 is 44.6. The smallest absolute Gasteiger partial charge is 0.408 e. The van der Waals surface area contributed by atoms with E-state index in [0.29, 0.717) is 30.4 Å². The van der Waals surface area contributed by atoms with E-state index in [1.165, 1.54) is 17.1 Å². The van der Waals surface area contributed by atoms with Gasteiger partial charge in [-0.15, -0.1) is 6.58 Å². The van der Waals surface area contributed by atoms with E-state index < -0.39 is 74.3 Å². The van der Waals surface area contributed by atoms with Gasteiger partial charge in [0.25, 0.3) is 5.91 Å². The van der Waals surface area contributed by atoms with Crippen LogP contribution in [0.4, 0.5) is 4.79 Å². The molecule has 15 nitrogen and oxygen atoms in total. The van der Waals surface area contributed by atoms with Crippen molar-refractivity contribution in [2.45, 2.75) is 107 Å². The van der Waals surface area contributed by atoms with Crippen LogP contribution in [-0.4, -0.2) is 96.1 Å². The minimum atomic E-state index is -3.93. The topological polar surface area (TPSA) is 199 Å². The fourth-order valence-corrected chi connectivity index (χ4v) is 7.79. The third-order valence-corrected chi connectivity index (χ3v) is 11.3.